The molecule has 0 saturated heterocycles. The van der Waals surface area contributed by atoms with E-state index in [-0.39, 0.29) is 22.6 Å². The SMILES string of the molecule is C=C(C)C(=O)[N+](C)(CCCOCC)CCCS(=O)(=O)O. The Morgan fingerprint density at radius 2 is 1.85 bits per heavy atom. The van der Waals surface area contributed by atoms with Gasteiger partial charge in [0.2, 0.25) is 0 Å². The third-order valence-electron chi connectivity index (χ3n) is 3.05. The molecule has 0 heterocycles. The van der Waals surface area contributed by atoms with Gasteiger partial charge in [0.05, 0.1) is 32.5 Å². The van der Waals surface area contributed by atoms with Gasteiger partial charge in [-0.1, -0.05) is 6.58 Å². The van der Waals surface area contributed by atoms with E-state index in [0.717, 1.165) is 0 Å². The highest BCUT2D eigenvalue weighted by Crippen LogP contribution is 2.12. The average molecular weight is 308 g/mol. The van der Waals surface area contributed by atoms with E-state index in [1.54, 1.807) is 14.0 Å². The molecular weight excluding hydrogens is 282 g/mol. The minimum atomic E-state index is -3.99. The lowest BCUT2D eigenvalue weighted by Crippen LogP contribution is -2.51. The summed E-state index contributed by atoms with van der Waals surface area (Å²) in [5.74, 6) is -0.452. The van der Waals surface area contributed by atoms with Crippen molar-refractivity contribution in [3.63, 3.8) is 0 Å². The number of hydrogen-bond donors (Lipinski definition) is 1. The van der Waals surface area contributed by atoms with Crippen LogP contribution in [-0.4, -0.2) is 62.5 Å². The molecule has 0 aromatic heterocycles. The number of rotatable bonds is 10. The van der Waals surface area contributed by atoms with Gasteiger partial charge in [-0.15, -0.1) is 0 Å². The van der Waals surface area contributed by atoms with E-state index in [1.807, 2.05) is 6.92 Å². The molecular formula is C13H26NO5S+. The van der Waals surface area contributed by atoms with Gasteiger partial charge in [-0.25, -0.2) is 4.79 Å². The largest absolute Gasteiger partial charge is 0.382 e. The first-order valence-corrected chi connectivity index (χ1v) is 8.31. The van der Waals surface area contributed by atoms with E-state index < -0.39 is 10.1 Å². The Kier molecular flexibility index (Phi) is 8.19. The van der Waals surface area contributed by atoms with Gasteiger partial charge in [0, 0.05) is 25.0 Å². The van der Waals surface area contributed by atoms with Crippen LogP contribution in [0, 0.1) is 0 Å². The number of carbonyl (C=O) groups is 1. The summed E-state index contributed by atoms with van der Waals surface area (Å²) in [5.41, 5.74) is 0.441. The first-order chi connectivity index (χ1) is 9.12. The van der Waals surface area contributed by atoms with Gasteiger partial charge in [0.1, 0.15) is 0 Å². The van der Waals surface area contributed by atoms with Crippen LogP contribution in [0.15, 0.2) is 12.2 Å². The van der Waals surface area contributed by atoms with Crippen molar-refractivity contribution in [3.8, 4) is 0 Å². The second-order valence-corrected chi connectivity index (χ2v) is 6.69. The van der Waals surface area contributed by atoms with Crippen molar-refractivity contribution in [3.05, 3.63) is 12.2 Å². The van der Waals surface area contributed by atoms with Crippen molar-refractivity contribution in [2.24, 2.45) is 0 Å². The first kappa shape index (κ1) is 19.2. The van der Waals surface area contributed by atoms with Crippen LogP contribution in [0.25, 0.3) is 0 Å². The number of hydrogen-bond acceptors (Lipinski definition) is 4. The molecule has 0 spiro atoms. The number of carbonyl (C=O) groups excluding carboxylic acids is 1. The average Bonchev–Trinajstić information content (AvgIpc) is 2.32. The Labute approximate surface area is 121 Å². The van der Waals surface area contributed by atoms with Crippen LogP contribution in [0.5, 0.6) is 0 Å². The van der Waals surface area contributed by atoms with Gasteiger partial charge in [-0.2, -0.15) is 8.42 Å². The van der Waals surface area contributed by atoms with Crippen LogP contribution < -0.4 is 0 Å². The summed E-state index contributed by atoms with van der Waals surface area (Å²) >= 11 is 0. The second kappa shape index (κ2) is 8.51. The molecule has 0 aliphatic carbocycles. The van der Waals surface area contributed by atoms with Crippen molar-refractivity contribution < 1.29 is 27.0 Å². The number of likely N-dealkylation sites (N-methyl/N-ethyl adjacent to an activating group) is 1. The molecule has 0 aromatic rings. The first-order valence-electron chi connectivity index (χ1n) is 6.70. The van der Waals surface area contributed by atoms with Gasteiger partial charge in [0.25, 0.3) is 10.1 Å². The van der Waals surface area contributed by atoms with Crippen LogP contribution >= 0.6 is 0 Å². The van der Waals surface area contributed by atoms with Gasteiger partial charge < -0.3 is 4.74 Å². The van der Waals surface area contributed by atoms with E-state index in [2.05, 4.69) is 6.58 Å². The highest BCUT2D eigenvalue weighted by molar-refractivity contribution is 7.85. The van der Waals surface area contributed by atoms with Crippen LogP contribution in [0.2, 0.25) is 0 Å². The summed E-state index contributed by atoms with van der Waals surface area (Å²) < 4.78 is 35.6. The van der Waals surface area contributed by atoms with Crippen LogP contribution in [-0.2, 0) is 19.6 Å². The zero-order valence-corrected chi connectivity index (χ0v) is 13.4. The zero-order chi connectivity index (χ0) is 15.8. The Morgan fingerprint density at radius 3 is 2.30 bits per heavy atom. The maximum Gasteiger partial charge on any atom is 0.340 e. The van der Waals surface area contributed by atoms with E-state index in [1.165, 1.54) is 0 Å². The fourth-order valence-corrected chi connectivity index (χ4v) is 2.53. The topological polar surface area (TPSA) is 80.7 Å². The number of amides is 1. The number of ether oxygens (including phenoxy) is 1. The van der Waals surface area contributed by atoms with Crippen LogP contribution in [0.3, 0.4) is 0 Å². The molecule has 1 N–H and O–H groups in total. The van der Waals surface area contributed by atoms with Crippen molar-refractivity contribution in [1.29, 1.82) is 0 Å². The lowest BCUT2D eigenvalue weighted by molar-refractivity contribution is -0.833. The van der Waals surface area contributed by atoms with E-state index in [0.29, 0.717) is 38.3 Å². The standard InChI is InChI=1S/C13H25NO5S/c1-5-19-10-6-8-14(4,13(15)12(2)3)9-7-11-20(16,17)18/h2,5-11H2,1,3-4H3/p+1. The molecule has 0 aliphatic heterocycles. The molecule has 1 atom stereocenters. The van der Waals surface area contributed by atoms with E-state index >= 15 is 0 Å². The van der Waals surface area contributed by atoms with Crippen molar-refractivity contribution >= 4 is 16.0 Å². The molecule has 0 aromatic carbocycles. The Morgan fingerprint density at radius 1 is 1.30 bits per heavy atom. The quantitative estimate of drug-likeness (QED) is 0.284. The molecule has 7 heteroatoms. The Balaban J connectivity index is 4.61. The third-order valence-corrected chi connectivity index (χ3v) is 3.86. The molecule has 0 radical (unpaired) electrons. The fraction of sp³-hybridized carbons (Fsp3) is 0.769. The summed E-state index contributed by atoms with van der Waals surface area (Å²) in [6.45, 7) is 9.29. The Hall–Kier alpha value is -0.760. The van der Waals surface area contributed by atoms with Crippen LogP contribution in [0.1, 0.15) is 26.7 Å². The zero-order valence-electron chi connectivity index (χ0n) is 12.6. The Bertz CT molecular complexity index is 432. The molecule has 20 heavy (non-hydrogen) atoms. The summed E-state index contributed by atoms with van der Waals surface area (Å²) in [6.07, 6.45) is 0.929. The lowest BCUT2D eigenvalue weighted by atomic mass is 10.2. The maximum atomic E-state index is 12.2. The summed E-state index contributed by atoms with van der Waals surface area (Å²) in [4.78, 5) is 12.2. The van der Waals surface area contributed by atoms with Crippen molar-refractivity contribution in [1.82, 2.24) is 0 Å². The van der Waals surface area contributed by atoms with E-state index in [9.17, 15) is 13.2 Å². The predicted molar refractivity (Wildman–Crippen MR) is 77.9 cm³/mol. The number of quaternary nitrogens is 1. The van der Waals surface area contributed by atoms with Crippen LogP contribution in [0.4, 0.5) is 0 Å². The van der Waals surface area contributed by atoms with E-state index in [4.69, 9.17) is 9.29 Å². The third kappa shape index (κ3) is 7.74. The molecule has 1 unspecified atom stereocenters. The molecule has 0 rings (SSSR count). The van der Waals surface area contributed by atoms with Gasteiger partial charge in [-0.05, 0) is 13.8 Å². The van der Waals surface area contributed by atoms with Crippen molar-refractivity contribution in [2.45, 2.75) is 26.7 Å². The molecule has 0 aliphatic rings. The molecule has 0 bridgehead atoms. The lowest BCUT2D eigenvalue weighted by Gasteiger charge is -2.31. The highest BCUT2D eigenvalue weighted by Gasteiger charge is 2.31. The monoisotopic (exact) mass is 308 g/mol. The van der Waals surface area contributed by atoms with Crippen molar-refractivity contribution in [2.75, 3.05) is 39.1 Å². The molecule has 6 nitrogen and oxygen atoms in total. The fourth-order valence-electron chi connectivity index (χ4n) is 2.03. The minimum Gasteiger partial charge on any atom is -0.382 e. The summed E-state index contributed by atoms with van der Waals surface area (Å²) in [7, 11) is -2.23. The molecule has 0 fully saturated rings. The minimum absolute atomic E-state index is 0.0813. The molecule has 118 valence electrons. The maximum absolute atomic E-state index is 12.2. The molecule has 0 saturated carbocycles. The summed E-state index contributed by atoms with van der Waals surface area (Å²) in [6, 6.07) is 0. The second-order valence-electron chi connectivity index (χ2n) is 5.12. The predicted octanol–water partition coefficient (Wildman–Crippen LogP) is 1.24. The van der Waals surface area contributed by atoms with Gasteiger partial charge >= 0.3 is 5.91 Å². The van der Waals surface area contributed by atoms with Gasteiger partial charge in [-0.3, -0.25) is 9.04 Å². The smallest absolute Gasteiger partial charge is 0.340 e. The summed E-state index contributed by atoms with van der Waals surface area (Å²) in [5, 5.41) is 0. The number of nitrogens with zero attached hydrogens (tertiary/aromatic N) is 1. The normalized spacial score (nSPS) is 14.8. The highest BCUT2D eigenvalue weighted by atomic mass is 32.2. The molecule has 1 amide bonds. The van der Waals surface area contributed by atoms with Gasteiger partial charge in [0.15, 0.2) is 0 Å².